The van der Waals surface area contributed by atoms with Crippen LogP contribution in [0, 0.1) is 27.7 Å². The van der Waals surface area contributed by atoms with Crippen LogP contribution >= 0.6 is 15.9 Å². The van der Waals surface area contributed by atoms with E-state index in [2.05, 4.69) is 63.1 Å². The minimum Gasteiger partial charge on any atom is -0.507 e. The SMILES string of the molecule is Cc1cccc(-n2c(C)cc(/C=N/NC(=O)c3cc(Br)ccc3O)c2C)c1C. The Bertz CT molecular complexity index is 1080. The van der Waals surface area contributed by atoms with Crippen molar-refractivity contribution in [3.8, 4) is 11.4 Å². The number of rotatable bonds is 4. The number of aryl methyl sites for hydroxylation is 2. The summed E-state index contributed by atoms with van der Waals surface area (Å²) in [7, 11) is 0. The smallest absolute Gasteiger partial charge is 0.275 e. The zero-order chi connectivity index (χ0) is 20.4. The number of amides is 1. The van der Waals surface area contributed by atoms with E-state index in [9.17, 15) is 9.90 Å². The van der Waals surface area contributed by atoms with Crippen molar-refractivity contribution in [2.45, 2.75) is 27.7 Å². The topological polar surface area (TPSA) is 66.6 Å². The van der Waals surface area contributed by atoms with E-state index < -0.39 is 5.91 Å². The van der Waals surface area contributed by atoms with Crippen molar-refractivity contribution in [1.82, 2.24) is 9.99 Å². The number of aromatic nitrogens is 1. The fourth-order valence-electron chi connectivity index (χ4n) is 3.18. The fraction of sp³-hybridized carbons (Fsp3) is 0.182. The van der Waals surface area contributed by atoms with Gasteiger partial charge in [0.1, 0.15) is 5.75 Å². The molecule has 0 radical (unpaired) electrons. The maximum Gasteiger partial charge on any atom is 0.275 e. The van der Waals surface area contributed by atoms with E-state index >= 15 is 0 Å². The van der Waals surface area contributed by atoms with E-state index in [0.29, 0.717) is 4.47 Å². The molecular formula is C22H22BrN3O2. The number of phenols is 1. The highest BCUT2D eigenvalue weighted by Crippen LogP contribution is 2.24. The fourth-order valence-corrected chi connectivity index (χ4v) is 3.54. The van der Waals surface area contributed by atoms with Gasteiger partial charge < -0.3 is 9.67 Å². The predicted octanol–water partition coefficient (Wildman–Crippen LogP) is 4.94. The van der Waals surface area contributed by atoms with Crippen molar-refractivity contribution in [3.05, 3.63) is 80.6 Å². The van der Waals surface area contributed by atoms with Crippen molar-refractivity contribution < 1.29 is 9.90 Å². The number of nitrogens with zero attached hydrogens (tertiary/aromatic N) is 2. The Kier molecular flexibility index (Phi) is 5.70. The Hall–Kier alpha value is -2.86. The lowest BCUT2D eigenvalue weighted by Gasteiger charge is -2.14. The number of phenolic OH excluding ortho intramolecular Hbond substituents is 1. The molecular weight excluding hydrogens is 418 g/mol. The quantitative estimate of drug-likeness (QED) is 0.446. The summed E-state index contributed by atoms with van der Waals surface area (Å²) in [6.45, 7) is 8.28. The second-order valence-corrected chi connectivity index (χ2v) is 7.66. The minimum atomic E-state index is -0.474. The highest BCUT2D eigenvalue weighted by atomic mass is 79.9. The van der Waals surface area contributed by atoms with Gasteiger partial charge in [0.15, 0.2) is 0 Å². The summed E-state index contributed by atoms with van der Waals surface area (Å²) in [5, 5.41) is 13.9. The third-order valence-corrected chi connectivity index (χ3v) is 5.35. The van der Waals surface area contributed by atoms with Crippen LogP contribution in [0.15, 0.2) is 52.0 Å². The standard InChI is InChI=1S/C22H22BrN3O2/c1-13-6-5-7-20(15(13)3)26-14(2)10-17(16(26)4)12-24-25-22(28)19-11-18(23)8-9-21(19)27/h5-12,27H,1-4H3,(H,25,28)/b24-12+. The number of carbonyl (C=O) groups is 1. The monoisotopic (exact) mass is 439 g/mol. The van der Waals surface area contributed by atoms with Crippen LogP contribution in [0.1, 0.15) is 38.4 Å². The Balaban J connectivity index is 1.85. The van der Waals surface area contributed by atoms with Crippen molar-refractivity contribution in [2.24, 2.45) is 5.10 Å². The zero-order valence-electron chi connectivity index (χ0n) is 16.2. The predicted molar refractivity (Wildman–Crippen MR) is 116 cm³/mol. The Morgan fingerprint density at radius 1 is 1.14 bits per heavy atom. The van der Waals surface area contributed by atoms with Crippen LogP contribution in [0.5, 0.6) is 5.75 Å². The molecule has 0 aliphatic heterocycles. The molecule has 0 aliphatic rings. The van der Waals surface area contributed by atoms with Crippen molar-refractivity contribution in [3.63, 3.8) is 0 Å². The van der Waals surface area contributed by atoms with E-state index in [1.807, 2.05) is 19.9 Å². The average molecular weight is 440 g/mol. The molecule has 1 amide bonds. The molecule has 3 aromatic rings. The van der Waals surface area contributed by atoms with Gasteiger partial charge in [0, 0.05) is 27.1 Å². The number of hydrazone groups is 1. The van der Waals surface area contributed by atoms with Crippen LogP contribution in [0.3, 0.4) is 0 Å². The molecule has 0 bridgehead atoms. The van der Waals surface area contributed by atoms with Crippen LogP contribution in [-0.4, -0.2) is 21.8 Å². The molecule has 0 fully saturated rings. The van der Waals surface area contributed by atoms with Gasteiger partial charge in [0.25, 0.3) is 5.91 Å². The lowest BCUT2D eigenvalue weighted by Crippen LogP contribution is -2.17. The zero-order valence-corrected chi connectivity index (χ0v) is 17.8. The van der Waals surface area contributed by atoms with Crippen LogP contribution < -0.4 is 5.43 Å². The molecule has 5 nitrogen and oxygen atoms in total. The van der Waals surface area contributed by atoms with Crippen molar-refractivity contribution >= 4 is 28.1 Å². The first kappa shape index (κ1) is 19.9. The molecule has 0 saturated carbocycles. The molecule has 144 valence electrons. The molecule has 1 aromatic heterocycles. The number of hydrogen-bond donors (Lipinski definition) is 2. The second-order valence-electron chi connectivity index (χ2n) is 6.74. The summed E-state index contributed by atoms with van der Waals surface area (Å²) in [4.78, 5) is 12.3. The van der Waals surface area contributed by atoms with Crippen molar-refractivity contribution in [2.75, 3.05) is 0 Å². The van der Waals surface area contributed by atoms with E-state index in [-0.39, 0.29) is 11.3 Å². The summed E-state index contributed by atoms with van der Waals surface area (Å²) >= 11 is 3.29. The third-order valence-electron chi connectivity index (χ3n) is 4.86. The van der Waals surface area contributed by atoms with Gasteiger partial charge in [-0.2, -0.15) is 5.10 Å². The van der Waals surface area contributed by atoms with Crippen LogP contribution in [0.25, 0.3) is 5.69 Å². The molecule has 1 heterocycles. The van der Waals surface area contributed by atoms with Gasteiger partial charge in [-0.3, -0.25) is 4.79 Å². The lowest BCUT2D eigenvalue weighted by atomic mass is 10.1. The number of nitrogens with one attached hydrogen (secondary N) is 1. The Morgan fingerprint density at radius 2 is 1.89 bits per heavy atom. The Labute approximate surface area is 172 Å². The van der Waals surface area contributed by atoms with Gasteiger partial charge in [-0.05, 0) is 69.2 Å². The van der Waals surface area contributed by atoms with Gasteiger partial charge >= 0.3 is 0 Å². The van der Waals surface area contributed by atoms with Gasteiger partial charge in [-0.25, -0.2) is 5.43 Å². The molecule has 0 aliphatic carbocycles. The summed E-state index contributed by atoms with van der Waals surface area (Å²) in [6, 6.07) is 13.0. The van der Waals surface area contributed by atoms with Crippen molar-refractivity contribution in [1.29, 1.82) is 0 Å². The number of aromatic hydroxyl groups is 1. The van der Waals surface area contributed by atoms with Gasteiger partial charge in [0.2, 0.25) is 0 Å². The molecule has 28 heavy (non-hydrogen) atoms. The molecule has 0 spiro atoms. The summed E-state index contributed by atoms with van der Waals surface area (Å²) < 4.78 is 2.89. The summed E-state index contributed by atoms with van der Waals surface area (Å²) in [6.07, 6.45) is 1.62. The van der Waals surface area contributed by atoms with E-state index in [1.165, 1.54) is 17.2 Å². The first-order valence-electron chi connectivity index (χ1n) is 8.87. The van der Waals surface area contributed by atoms with Crippen LogP contribution in [0.4, 0.5) is 0 Å². The van der Waals surface area contributed by atoms with E-state index in [0.717, 1.165) is 22.6 Å². The molecule has 0 unspecified atom stereocenters. The number of halogens is 1. The molecule has 0 atom stereocenters. The van der Waals surface area contributed by atoms with E-state index in [1.54, 1.807) is 18.3 Å². The van der Waals surface area contributed by atoms with E-state index in [4.69, 9.17) is 0 Å². The molecule has 3 rings (SSSR count). The number of carbonyl (C=O) groups excluding carboxylic acids is 1. The maximum atomic E-state index is 12.3. The molecule has 2 N–H and O–H groups in total. The number of benzene rings is 2. The second kappa shape index (κ2) is 8.02. The summed E-state index contributed by atoms with van der Waals surface area (Å²) in [5.74, 6) is -0.567. The number of hydrogen-bond acceptors (Lipinski definition) is 3. The molecule has 2 aromatic carbocycles. The Morgan fingerprint density at radius 3 is 2.64 bits per heavy atom. The van der Waals surface area contributed by atoms with Gasteiger partial charge in [0.05, 0.1) is 11.8 Å². The van der Waals surface area contributed by atoms with Crippen LogP contribution in [-0.2, 0) is 0 Å². The lowest BCUT2D eigenvalue weighted by molar-refractivity contribution is 0.0952. The minimum absolute atomic E-state index is 0.0935. The van der Waals surface area contributed by atoms with Gasteiger partial charge in [-0.1, -0.05) is 28.1 Å². The van der Waals surface area contributed by atoms with Crippen LogP contribution in [0.2, 0.25) is 0 Å². The summed E-state index contributed by atoms with van der Waals surface area (Å²) in [5.41, 5.74) is 9.27. The van der Waals surface area contributed by atoms with Gasteiger partial charge in [-0.15, -0.1) is 0 Å². The average Bonchev–Trinajstić information content (AvgIpc) is 2.93. The molecule has 6 heteroatoms. The first-order valence-corrected chi connectivity index (χ1v) is 9.66. The first-order chi connectivity index (χ1) is 13.3. The maximum absolute atomic E-state index is 12.3. The third kappa shape index (κ3) is 3.87. The highest BCUT2D eigenvalue weighted by molar-refractivity contribution is 9.10. The molecule has 0 saturated heterocycles. The highest BCUT2D eigenvalue weighted by Gasteiger charge is 2.13. The normalized spacial score (nSPS) is 11.2. The largest absolute Gasteiger partial charge is 0.507 e.